The number of amides is 1. The van der Waals surface area contributed by atoms with E-state index in [4.69, 9.17) is 34.7 Å². The summed E-state index contributed by atoms with van der Waals surface area (Å²) < 4.78 is 41.1. The zero-order valence-corrected chi connectivity index (χ0v) is 18.0. The fourth-order valence-corrected chi connectivity index (χ4v) is 5.01. The van der Waals surface area contributed by atoms with Crippen molar-refractivity contribution in [1.29, 1.82) is 0 Å². The molecule has 0 bridgehead atoms. The maximum atomic E-state index is 13.1. The summed E-state index contributed by atoms with van der Waals surface area (Å²) in [4.78, 5) is 12.3. The summed E-state index contributed by atoms with van der Waals surface area (Å²) in [6, 6.07) is 4.97. The number of benzene rings is 1. The topological polar surface area (TPSA) is 86.9 Å². The number of nitrogens with zero attached hydrogens (tertiary/aromatic N) is 2. The van der Waals surface area contributed by atoms with Gasteiger partial charge >= 0.3 is 6.18 Å². The minimum atomic E-state index is -4.47. The highest BCUT2D eigenvalue weighted by Crippen LogP contribution is 2.46. The van der Waals surface area contributed by atoms with Crippen LogP contribution in [0.4, 0.5) is 13.2 Å². The van der Waals surface area contributed by atoms with Crippen molar-refractivity contribution in [3.63, 3.8) is 0 Å². The van der Waals surface area contributed by atoms with Gasteiger partial charge in [0.05, 0.1) is 27.4 Å². The molecule has 0 aliphatic carbocycles. The van der Waals surface area contributed by atoms with E-state index in [-0.39, 0.29) is 22.2 Å². The van der Waals surface area contributed by atoms with Crippen LogP contribution in [0.25, 0.3) is 11.3 Å². The van der Waals surface area contributed by atoms with Crippen molar-refractivity contribution in [3.8, 4) is 11.3 Å². The number of hydrogen-bond acceptors (Lipinski definition) is 4. The largest absolute Gasteiger partial charge is 0.416 e. The molecule has 0 saturated heterocycles. The van der Waals surface area contributed by atoms with Gasteiger partial charge in [0, 0.05) is 18.5 Å². The van der Waals surface area contributed by atoms with Gasteiger partial charge in [-0.25, -0.2) is 0 Å². The molecular weight excluding hydrogens is 460 g/mol. The predicted molar refractivity (Wildman–Crippen MR) is 112 cm³/mol. The number of nitrogens with two attached hydrogens (primary N) is 2. The smallest absolute Gasteiger partial charge is 0.365 e. The van der Waals surface area contributed by atoms with Gasteiger partial charge < -0.3 is 11.5 Å². The number of aromatic nitrogens is 2. The summed E-state index contributed by atoms with van der Waals surface area (Å²) in [6.07, 6.45) is -2.88. The van der Waals surface area contributed by atoms with Gasteiger partial charge in [-0.2, -0.15) is 18.3 Å². The third-order valence-electron chi connectivity index (χ3n) is 4.69. The van der Waals surface area contributed by atoms with Crippen LogP contribution in [0, 0.1) is 0 Å². The van der Waals surface area contributed by atoms with Crippen LogP contribution < -0.4 is 11.5 Å². The van der Waals surface area contributed by atoms with Crippen LogP contribution in [0.3, 0.4) is 0 Å². The summed E-state index contributed by atoms with van der Waals surface area (Å²) in [5.74, 6) is -1.23. The van der Waals surface area contributed by atoms with Crippen LogP contribution in [-0.2, 0) is 19.6 Å². The molecule has 11 heteroatoms. The SMILES string of the molecule is Cn1ncc(Cl)c1-c1c(Cl)sc(C(N)=O)c1[C@@H](CN)Cc1cccc(C(F)(F)F)c1. The Morgan fingerprint density at radius 1 is 1.33 bits per heavy atom. The van der Waals surface area contributed by atoms with Crippen LogP contribution in [0.5, 0.6) is 0 Å². The van der Waals surface area contributed by atoms with E-state index in [2.05, 4.69) is 5.10 Å². The van der Waals surface area contributed by atoms with E-state index in [1.165, 1.54) is 16.9 Å². The molecule has 4 N–H and O–H groups in total. The molecule has 1 amide bonds. The standard InChI is InChI=1S/C19H17Cl2F3N4OS/c1-28-15(12(20)8-27-28)14-13(16(18(26)29)30-17(14)21)10(7-25)5-9-3-2-4-11(6-9)19(22,23)24/h2-4,6,8,10H,5,7,25H2,1H3,(H2,26,29)/t10-/m1/s1. The van der Waals surface area contributed by atoms with Crippen molar-refractivity contribution < 1.29 is 18.0 Å². The van der Waals surface area contributed by atoms with Crippen molar-refractivity contribution in [2.24, 2.45) is 18.5 Å². The molecule has 0 aliphatic rings. The van der Waals surface area contributed by atoms with Gasteiger partial charge in [-0.3, -0.25) is 9.48 Å². The van der Waals surface area contributed by atoms with Gasteiger partial charge in [-0.15, -0.1) is 11.3 Å². The monoisotopic (exact) mass is 476 g/mol. The second kappa shape index (κ2) is 8.58. The van der Waals surface area contributed by atoms with Gasteiger partial charge in [0.2, 0.25) is 0 Å². The first-order valence-corrected chi connectivity index (χ1v) is 10.3. The molecule has 5 nitrogen and oxygen atoms in total. The molecule has 1 aromatic carbocycles. The normalized spacial score (nSPS) is 12.9. The highest BCUT2D eigenvalue weighted by molar-refractivity contribution is 7.18. The fraction of sp³-hybridized carbons (Fsp3) is 0.263. The van der Waals surface area contributed by atoms with E-state index in [1.807, 2.05) is 0 Å². The molecule has 0 radical (unpaired) electrons. The number of rotatable bonds is 6. The number of halogens is 5. The lowest BCUT2D eigenvalue weighted by atomic mass is 9.88. The quantitative estimate of drug-likeness (QED) is 0.532. The number of carbonyl (C=O) groups is 1. The van der Waals surface area contributed by atoms with Crippen LogP contribution >= 0.6 is 34.5 Å². The first-order chi connectivity index (χ1) is 14.0. The van der Waals surface area contributed by atoms with Crippen LogP contribution in [0.15, 0.2) is 30.5 Å². The molecule has 30 heavy (non-hydrogen) atoms. The Morgan fingerprint density at radius 2 is 2.03 bits per heavy atom. The fourth-order valence-electron chi connectivity index (χ4n) is 3.36. The molecule has 2 aromatic heterocycles. The van der Waals surface area contributed by atoms with E-state index < -0.39 is 23.6 Å². The molecule has 0 aliphatic heterocycles. The van der Waals surface area contributed by atoms with E-state index >= 15 is 0 Å². The first kappa shape index (κ1) is 22.6. The first-order valence-electron chi connectivity index (χ1n) is 8.70. The Labute approximate surface area is 184 Å². The number of aryl methyl sites for hydroxylation is 1. The molecule has 0 saturated carbocycles. The summed E-state index contributed by atoms with van der Waals surface area (Å²) in [6.45, 7) is 0.0477. The lowest BCUT2D eigenvalue weighted by Gasteiger charge is -2.19. The van der Waals surface area contributed by atoms with Crippen molar-refractivity contribution in [2.45, 2.75) is 18.5 Å². The maximum Gasteiger partial charge on any atom is 0.416 e. The third-order valence-corrected chi connectivity index (χ3v) is 6.39. The summed E-state index contributed by atoms with van der Waals surface area (Å²) in [5.41, 5.74) is 12.6. The number of carbonyl (C=O) groups excluding carboxylic acids is 1. The zero-order chi connectivity index (χ0) is 22.2. The second-order valence-corrected chi connectivity index (χ2v) is 8.69. The average molecular weight is 477 g/mol. The molecular formula is C19H17Cl2F3N4OS. The predicted octanol–water partition coefficient (Wildman–Crippen LogP) is 4.86. The minimum Gasteiger partial charge on any atom is -0.365 e. The van der Waals surface area contributed by atoms with Crippen LogP contribution in [0.2, 0.25) is 9.36 Å². The second-order valence-electron chi connectivity index (χ2n) is 6.66. The van der Waals surface area contributed by atoms with Crippen molar-refractivity contribution in [3.05, 3.63) is 61.4 Å². The lowest BCUT2D eigenvalue weighted by Crippen LogP contribution is -2.20. The molecule has 2 heterocycles. The summed E-state index contributed by atoms with van der Waals surface area (Å²) >= 11 is 13.7. The van der Waals surface area contributed by atoms with Gasteiger partial charge in [0.1, 0.15) is 4.34 Å². The van der Waals surface area contributed by atoms with Gasteiger partial charge in [0.25, 0.3) is 5.91 Å². The van der Waals surface area contributed by atoms with Crippen molar-refractivity contribution in [1.82, 2.24) is 9.78 Å². The molecule has 0 spiro atoms. The highest BCUT2D eigenvalue weighted by atomic mass is 35.5. The average Bonchev–Trinajstić information content (AvgIpc) is 3.18. The van der Waals surface area contributed by atoms with Gasteiger partial charge in [-0.05, 0) is 30.2 Å². The Balaban J connectivity index is 2.14. The Bertz CT molecular complexity index is 1070. The van der Waals surface area contributed by atoms with E-state index in [9.17, 15) is 18.0 Å². The third kappa shape index (κ3) is 4.34. The van der Waals surface area contributed by atoms with Crippen LogP contribution in [0.1, 0.15) is 32.3 Å². The molecule has 0 unspecified atom stereocenters. The minimum absolute atomic E-state index is 0.0477. The summed E-state index contributed by atoms with van der Waals surface area (Å²) in [7, 11) is 1.66. The number of primary amides is 1. The lowest BCUT2D eigenvalue weighted by molar-refractivity contribution is -0.137. The molecule has 3 rings (SSSR count). The van der Waals surface area contributed by atoms with E-state index in [0.29, 0.717) is 27.4 Å². The zero-order valence-electron chi connectivity index (χ0n) is 15.6. The molecule has 1 atom stereocenters. The number of alkyl halides is 3. The van der Waals surface area contributed by atoms with E-state index in [1.54, 1.807) is 13.1 Å². The van der Waals surface area contributed by atoms with Crippen molar-refractivity contribution in [2.75, 3.05) is 6.54 Å². The van der Waals surface area contributed by atoms with Crippen LogP contribution in [-0.4, -0.2) is 22.2 Å². The number of hydrogen-bond donors (Lipinski definition) is 2. The summed E-state index contributed by atoms with van der Waals surface area (Å²) in [5, 5.41) is 4.40. The van der Waals surface area contributed by atoms with Gasteiger partial charge in [0.15, 0.2) is 0 Å². The Hall–Kier alpha value is -2.07. The van der Waals surface area contributed by atoms with Gasteiger partial charge in [-0.1, -0.05) is 41.4 Å². The maximum absolute atomic E-state index is 13.1. The molecule has 3 aromatic rings. The Kier molecular flexibility index (Phi) is 6.47. The Morgan fingerprint density at radius 3 is 2.57 bits per heavy atom. The molecule has 0 fully saturated rings. The highest BCUT2D eigenvalue weighted by Gasteiger charge is 2.32. The molecule has 160 valence electrons. The van der Waals surface area contributed by atoms with Crippen molar-refractivity contribution >= 4 is 40.4 Å². The number of thiophene rings is 1. The van der Waals surface area contributed by atoms with E-state index in [0.717, 1.165) is 23.5 Å².